The highest BCUT2D eigenvalue weighted by atomic mass is 16.5. The van der Waals surface area contributed by atoms with Crippen LogP contribution in [-0.2, 0) is 0 Å². The topological polar surface area (TPSA) is 62.7 Å². The molecule has 1 N–H and O–H groups in total. The first-order chi connectivity index (χ1) is 9.54. The Morgan fingerprint density at radius 3 is 2.50 bits per heavy atom. The summed E-state index contributed by atoms with van der Waals surface area (Å²) in [6.07, 6.45) is 0. The fourth-order valence-corrected chi connectivity index (χ4v) is 1.96. The van der Waals surface area contributed by atoms with Crippen molar-refractivity contribution in [2.24, 2.45) is 0 Å². The number of aromatic nitrogens is 1. The molecule has 20 heavy (non-hydrogen) atoms. The molecule has 1 aromatic carbocycles. The number of nitrogens with zero attached hydrogens (tertiary/aromatic N) is 2. The van der Waals surface area contributed by atoms with Crippen LogP contribution in [0.4, 0.5) is 5.82 Å². The number of methoxy groups -OCH3 is 1. The van der Waals surface area contributed by atoms with E-state index in [0.29, 0.717) is 17.3 Å². The number of ether oxygens (including phenoxy) is 1. The molecule has 0 aliphatic carbocycles. The van der Waals surface area contributed by atoms with Crippen molar-refractivity contribution in [1.29, 1.82) is 0 Å². The summed E-state index contributed by atoms with van der Waals surface area (Å²) >= 11 is 0. The third-order valence-corrected chi connectivity index (χ3v) is 2.91. The lowest BCUT2D eigenvalue weighted by Gasteiger charge is -2.16. The molecule has 0 radical (unpaired) electrons. The number of carbonyl (C=O) groups is 1. The van der Waals surface area contributed by atoms with Gasteiger partial charge in [0.2, 0.25) is 0 Å². The second-order valence-electron chi connectivity index (χ2n) is 4.47. The smallest absolute Gasteiger partial charge is 0.339 e. The Labute approximate surface area is 117 Å². The molecule has 0 aliphatic heterocycles. The molecular weight excluding hydrogens is 256 g/mol. The lowest BCUT2D eigenvalue weighted by molar-refractivity contribution is 0.0697. The van der Waals surface area contributed by atoms with Crippen molar-refractivity contribution < 1.29 is 14.6 Å². The number of carboxylic acids is 1. The molecule has 5 heteroatoms. The van der Waals surface area contributed by atoms with E-state index in [9.17, 15) is 9.90 Å². The van der Waals surface area contributed by atoms with E-state index in [2.05, 4.69) is 4.98 Å². The third-order valence-electron chi connectivity index (χ3n) is 2.91. The van der Waals surface area contributed by atoms with Gasteiger partial charge in [-0.2, -0.15) is 0 Å². The van der Waals surface area contributed by atoms with Crippen molar-refractivity contribution in [2.75, 3.05) is 26.1 Å². The Kier molecular flexibility index (Phi) is 3.89. The van der Waals surface area contributed by atoms with Crippen molar-refractivity contribution in [3.05, 3.63) is 42.0 Å². The fourth-order valence-electron chi connectivity index (χ4n) is 1.96. The summed E-state index contributed by atoms with van der Waals surface area (Å²) in [6.45, 7) is 0. The highest BCUT2D eigenvalue weighted by molar-refractivity contribution is 5.94. The molecule has 2 aromatic rings. The Morgan fingerprint density at radius 1 is 1.20 bits per heavy atom. The second kappa shape index (κ2) is 5.61. The number of hydrogen-bond donors (Lipinski definition) is 1. The molecule has 0 amide bonds. The zero-order valence-corrected chi connectivity index (χ0v) is 11.6. The van der Waals surface area contributed by atoms with Gasteiger partial charge in [-0.1, -0.05) is 12.1 Å². The molecule has 0 spiro atoms. The van der Waals surface area contributed by atoms with E-state index < -0.39 is 5.97 Å². The van der Waals surface area contributed by atoms with Gasteiger partial charge in [0.1, 0.15) is 17.1 Å². The number of anilines is 1. The molecule has 2 rings (SSSR count). The molecule has 5 nitrogen and oxygen atoms in total. The summed E-state index contributed by atoms with van der Waals surface area (Å²) < 4.78 is 5.31. The van der Waals surface area contributed by atoms with Crippen molar-refractivity contribution in [3.63, 3.8) is 0 Å². The van der Waals surface area contributed by atoms with E-state index in [-0.39, 0.29) is 5.56 Å². The quantitative estimate of drug-likeness (QED) is 0.926. The summed E-state index contributed by atoms with van der Waals surface area (Å²) in [5, 5.41) is 9.19. The van der Waals surface area contributed by atoms with Gasteiger partial charge < -0.3 is 14.7 Å². The first kappa shape index (κ1) is 13.9. The molecule has 0 saturated carbocycles. The van der Waals surface area contributed by atoms with E-state index in [1.165, 1.54) is 0 Å². The number of aromatic carboxylic acids is 1. The average molecular weight is 272 g/mol. The zero-order chi connectivity index (χ0) is 14.7. The highest BCUT2D eigenvalue weighted by Crippen LogP contribution is 2.30. The van der Waals surface area contributed by atoms with E-state index in [0.717, 1.165) is 5.56 Å². The van der Waals surface area contributed by atoms with Crippen LogP contribution in [0.5, 0.6) is 5.75 Å². The van der Waals surface area contributed by atoms with Crippen molar-refractivity contribution in [2.45, 2.75) is 0 Å². The predicted molar refractivity (Wildman–Crippen MR) is 77.5 cm³/mol. The van der Waals surface area contributed by atoms with Crippen LogP contribution in [0.15, 0.2) is 36.4 Å². The predicted octanol–water partition coefficient (Wildman–Crippen LogP) is 2.52. The summed E-state index contributed by atoms with van der Waals surface area (Å²) in [5.41, 5.74) is 1.68. The van der Waals surface area contributed by atoms with Crippen LogP contribution in [0.2, 0.25) is 0 Å². The second-order valence-corrected chi connectivity index (χ2v) is 4.47. The van der Waals surface area contributed by atoms with E-state index in [1.54, 1.807) is 38.2 Å². The van der Waals surface area contributed by atoms with Gasteiger partial charge in [-0.15, -0.1) is 0 Å². The van der Waals surface area contributed by atoms with Crippen LogP contribution in [0.3, 0.4) is 0 Å². The van der Waals surface area contributed by atoms with E-state index >= 15 is 0 Å². The Hall–Kier alpha value is -2.56. The Bertz CT molecular complexity index is 639. The fraction of sp³-hybridized carbons (Fsp3) is 0.200. The number of hydrogen-bond acceptors (Lipinski definition) is 4. The Balaban J connectivity index is 2.59. The molecule has 104 valence electrons. The van der Waals surface area contributed by atoms with Gasteiger partial charge in [0.25, 0.3) is 0 Å². The first-order valence-corrected chi connectivity index (χ1v) is 6.09. The third kappa shape index (κ3) is 2.56. The molecule has 0 aliphatic rings. The molecule has 0 fully saturated rings. The van der Waals surface area contributed by atoms with E-state index in [1.807, 2.05) is 24.3 Å². The van der Waals surface area contributed by atoms with Crippen LogP contribution in [0, 0.1) is 0 Å². The summed E-state index contributed by atoms with van der Waals surface area (Å²) in [7, 11) is 5.12. The molecule has 1 aromatic heterocycles. The van der Waals surface area contributed by atoms with Crippen molar-refractivity contribution >= 4 is 11.8 Å². The van der Waals surface area contributed by atoms with Gasteiger partial charge in [0, 0.05) is 19.7 Å². The average Bonchev–Trinajstić information content (AvgIpc) is 2.46. The maximum Gasteiger partial charge on any atom is 0.339 e. The van der Waals surface area contributed by atoms with Crippen LogP contribution in [-0.4, -0.2) is 37.3 Å². The van der Waals surface area contributed by atoms with Gasteiger partial charge in [-0.3, -0.25) is 0 Å². The summed E-state index contributed by atoms with van der Waals surface area (Å²) in [6, 6.07) is 10.8. The number of carboxylic acid groups (broad SMARTS) is 1. The molecule has 0 bridgehead atoms. The minimum Gasteiger partial charge on any atom is -0.496 e. The van der Waals surface area contributed by atoms with Crippen LogP contribution in [0.25, 0.3) is 11.3 Å². The largest absolute Gasteiger partial charge is 0.496 e. The van der Waals surface area contributed by atoms with E-state index in [4.69, 9.17) is 4.74 Å². The zero-order valence-electron chi connectivity index (χ0n) is 11.6. The molecular formula is C15H16N2O3. The molecule has 0 saturated heterocycles. The maximum atomic E-state index is 11.2. The number of pyridine rings is 1. The maximum absolute atomic E-state index is 11.2. The van der Waals surface area contributed by atoms with Gasteiger partial charge >= 0.3 is 5.97 Å². The normalized spacial score (nSPS) is 10.2. The van der Waals surface area contributed by atoms with Crippen LogP contribution < -0.4 is 9.64 Å². The monoisotopic (exact) mass is 272 g/mol. The minimum atomic E-state index is -0.993. The lowest BCUT2D eigenvalue weighted by atomic mass is 10.1. The van der Waals surface area contributed by atoms with Gasteiger partial charge in [0.05, 0.1) is 12.8 Å². The first-order valence-electron chi connectivity index (χ1n) is 6.09. The SMILES string of the molecule is COc1ccccc1-c1ccc(C(=O)O)c(N(C)C)n1. The summed E-state index contributed by atoms with van der Waals surface area (Å²) in [5.74, 6) is 0.126. The van der Waals surface area contributed by atoms with Crippen molar-refractivity contribution in [1.82, 2.24) is 4.98 Å². The van der Waals surface area contributed by atoms with Gasteiger partial charge in [-0.25, -0.2) is 9.78 Å². The minimum absolute atomic E-state index is 0.175. The number of rotatable bonds is 4. The number of para-hydroxylation sites is 1. The molecule has 0 unspecified atom stereocenters. The Morgan fingerprint density at radius 2 is 1.90 bits per heavy atom. The lowest BCUT2D eigenvalue weighted by Crippen LogP contribution is -2.16. The summed E-state index contributed by atoms with van der Waals surface area (Å²) in [4.78, 5) is 17.3. The van der Waals surface area contributed by atoms with Gasteiger partial charge in [-0.05, 0) is 24.3 Å². The van der Waals surface area contributed by atoms with Gasteiger partial charge in [0.15, 0.2) is 0 Å². The van der Waals surface area contributed by atoms with Crippen LogP contribution >= 0.6 is 0 Å². The van der Waals surface area contributed by atoms with Crippen LogP contribution in [0.1, 0.15) is 10.4 Å². The highest BCUT2D eigenvalue weighted by Gasteiger charge is 2.16. The molecule has 0 atom stereocenters. The molecule has 1 heterocycles. The standard InChI is InChI=1S/C15H16N2O3/c1-17(2)14-11(15(18)19)8-9-12(16-14)10-6-4-5-7-13(10)20-3/h4-9H,1-3H3,(H,18,19). The number of benzene rings is 1. The van der Waals surface area contributed by atoms with Crippen molar-refractivity contribution in [3.8, 4) is 17.0 Å².